The van der Waals surface area contributed by atoms with Crippen molar-refractivity contribution in [3.8, 4) is 0 Å². The van der Waals surface area contributed by atoms with E-state index in [-0.39, 0.29) is 13.2 Å². The highest BCUT2D eigenvalue weighted by molar-refractivity contribution is 7.99. The van der Waals surface area contributed by atoms with Gasteiger partial charge in [-0.3, -0.25) is 9.36 Å². The Bertz CT molecular complexity index is 473. The lowest BCUT2D eigenvalue weighted by atomic mass is 10.6. The molecule has 0 saturated heterocycles. The molecule has 0 N–H and O–H groups in total. The molecule has 0 spiro atoms. The zero-order chi connectivity index (χ0) is 15.3. The average molecular weight is 325 g/mol. The summed E-state index contributed by atoms with van der Waals surface area (Å²) in [4.78, 5) is 10.6. The largest absolute Gasteiger partial charge is 0.474 e. The van der Waals surface area contributed by atoms with Gasteiger partial charge in [0.15, 0.2) is 0 Å². The molecule has 1 unspecified atom stereocenters. The van der Waals surface area contributed by atoms with Gasteiger partial charge in [0, 0.05) is 6.26 Å². The minimum absolute atomic E-state index is 0.0417. The highest BCUT2D eigenvalue weighted by Crippen LogP contribution is 2.49. The van der Waals surface area contributed by atoms with Crippen molar-refractivity contribution in [2.24, 2.45) is 4.36 Å². The standard InChI is InChI=1S/C8H15F3NO5PS/c1-4-16-18(14,17-5-2)6-19(3,15)12-7(13)8(9,10)11/h4-6H2,1-3H3. The summed E-state index contributed by atoms with van der Waals surface area (Å²) in [6, 6.07) is 0. The molecule has 19 heavy (non-hydrogen) atoms. The van der Waals surface area contributed by atoms with Crippen LogP contribution in [-0.4, -0.2) is 41.3 Å². The highest BCUT2D eigenvalue weighted by atomic mass is 32.2. The number of nitrogens with zero attached hydrogens (tertiary/aromatic N) is 1. The van der Waals surface area contributed by atoms with Gasteiger partial charge in [-0.25, -0.2) is 4.21 Å². The van der Waals surface area contributed by atoms with E-state index >= 15 is 0 Å². The molecular weight excluding hydrogens is 310 g/mol. The fourth-order valence-corrected chi connectivity index (χ4v) is 5.54. The number of amides is 1. The Hall–Kier alpha value is -0.440. The van der Waals surface area contributed by atoms with Crippen molar-refractivity contribution in [2.75, 3.05) is 25.0 Å². The van der Waals surface area contributed by atoms with E-state index in [9.17, 15) is 26.7 Å². The van der Waals surface area contributed by atoms with E-state index in [1.54, 1.807) is 0 Å². The van der Waals surface area contributed by atoms with E-state index in [1.807, 2.05) is 0 Å². The number of halogens is 3. The summed E-state index contributed by atoms with van der Waals surface area (Å²) >= 11 is 0. The lowest BCUT2D eigenvalue weighted by Crippen LogP contribution is -2.22. The van der Waals surface area contributed by atoms with Crippen LogP contribution in [0.2, 0.25) is 0 Å². The Labute approximate surface area is 109 Å². The molecule has 0 radical (unpaired) electrons. The maximum absolute atomic E-state index is 12.0. The Morgan fingerprint density at radius 1 is 1.26 bits per heavy atom. The molecule has 1 amide bonds. The summed E-state index contributed by atoms with van der Waals surface area (Å²) in [6.45, 7) is 2.89. The van der Waals surface area contributed by atoms with Gasteiger partial charge in [-0.2, -0.15) is 17.5 Å². The fraction of sp³-hybridized carbons (Fsp3) is 0.875. The first-order chi connectivity index (χ1) is 8.46. The third kappa shape index (κ3) is 7.05. The maximum Gasteiger partial charge on any atom is 0.474 e. The van der Waals surface area contributed by atoms with E-state index in [2.05, 4.69) is 4.36 Å². The molecule has 0 aromatic heterocycles. The van der Waals surface area contributed by atoms with Crippen LogP contribution < -0.4 is 0 Å². The zero-order valence-electron chi connectivity index (χ0n) is 10.6. The highest BCUT2D eigenvalue weighted by Gasteiger charge is 2.40. The molecule has 0 aromatic carbocycles. The monoisotopic (exact) mass is 325 g/mol. The van der Waals surface area contributed by atoms with Gasteiger partial charge in [0.05, 0.1) is 22.9 Å². The van der Waals surface area contributed by atoms with Gasteiger partial charge in [0.1, 0.15) is 5.49 Å². The summed E-state index contributed by atoms with van der Waals surface area (Å²) in [5.41, 5.74) is -0.872. The summed E-state index contributed by atoms with van der Waals surface area (Å²) < 4.78 is 71.9. The van der Waals surface area contributed by atoms with Crippen molar-refractivity contribution >= 4 is 23.2 Å². The zero-order valence-corrected chi connectivity index (χ0v) is 12.3. The second-order valence-corrected chi connectivity index (χ2v) is 8.30. The molecular formula is C8H15F3NO5PS. The van der Waals surface area contributed by atoms with Gasteiger partial charge in [-0.05, 0) is 13.8 Å². The number of alkyl halides is 3. The van der Waals surface area contributed by atoms with E-state index in [1.165, 1.54) is 13.8 Å². The van der Waals surface area contributed by atoms with Crippen LogP contribution in [0, 0.1) is 0 Å². The van der Waals surface area contributed by atoms with Crippen LogP contribution in [0.5, 0.6) is 0 Å². The topological polar surface area (TPSA) is 82.0 Å². The molecule has 0 aromatic rings. The minimum Gasteiger partial charge on any atom is -0.308 e. The third-order valence-corrected chi connectivity index (χ3v) is 6.60. The van der Waals surface area contributed by atoms with Crippen LogP contribution in [-0.2, 0) is 28.1 Å². The SMILES string of the molecule is CCOP(=O)(CS(C)(=O)=NC(=O)C(F)(F)F)OCC. The van der Waals surface area contributed by atoms with Crippen molar-refractivity contribution in [3.63, 3.8) is 0 Å². The van der Waals surface area contributed by atoms with E-state index in [0.29, 0.717) is 0 Å². The second kappa shape index (κ2) is 6.83. The molecule has 1 atom stereocenters. The van der Waals surface area contributed by atoms with Crippen LogP contribution in [0.1, 0.15) is 13.8 Å². The summed E-state index contributed by atoms with van der Waals surface area (Å²) in [5.74, 6) is -2.49. The minimum atomic E-state index is -5.22. The first-order valence-electron chi connectivity index (χ1n) is 5.15. The third-order valence-electron chi connectivity index (χ3n) is 1.57. The quantitative estimate of drug-likeness (QED) is 0.700. The fourth-order valence-electron chi connectivity index (χ4n) is 1.05. The molecule has 11 heteroatoms. The Morgan fingerprint density at radius 3 is 2.00 bits per heavy atom. The van der Waals surface area contributed by atoms with Crippen LogP contribution in [0.25, 0.3) is 0 Å². The summed E-state index contributed by atoms with van der Waals surface area (Å²) in [6.07, 6.45) is -4.43. The maximum atomic E-state index is 12.0. The second-order valence-electron chi connectivity index (χ2n) is 3.43. The smallest absolute Gasteiger partial charge is 0.308 e. The van der Waals surface area contributed by atoms with Gasteiger partial charge in [-0.15, -0.1) is 0 Å². The lowest BCUT2D eigenvalue weighted by Gasteiger charge is -2.17. The number of hydrogen-bond donors (Lipinski definition) is 0. The number of hydrogen-bond acceptors (Lipinski definition) is 5. The first kappa shape index (κ1) is 18.6. The van der Waals surface area contributed by atoms with E-state index < -0.39 is 34.9 Å². The molecule has 0 fully saturated rings. The molecule has 0 aliphatic heterocycles. The number of carbonyl (C=O) groups is 1. The van der Waals surface area contributed by atoms with E-state index in [0.717, 1.165) is 6.26 Å². The van der Waals surface area contributed by atoms with Crippen LogP contribution >= 0.6 is 7.60 Å². The summed E-state index contributed by atoms with van der Waals surface area (Å²) in [7, 11) is -7.51. The first-order valence-corrected chi connectivity index (χ1v) is 8.97. The number of carbonyl (C=O) groups excluding carboxylic acids is 1. The van der Waals surface area contributed by atoms with Crippen LogP contribution in [0.3, 0.4) is 0 Å². The molecule has 0 rings (SSSR count). The molecule has 6 nitrogen and oxygen atoms in total. The molecule has 0 aliphatic carbocycles. The predicted molar refractivity (Wildman–Crippen MR) is 63.3 cm³/mol. The molecule has 0 aliphatic rings. The normalized spacial score (nSPS) is 15.9. The predicted octanol–water partition coefficient (Wildman–Crippen LogP) is 2.40. The summed E-state index contributed by atoms with van der Waals surface area (Å²) in [5, 5.41) is 0. The lowest BCUT2D eigenvalue weighted by molar-refractivity contribution is -0.169. The van der Waals surface area contributed by atoms with Gasteiger partial charge in [0.2, 0.25) is 0 Å². The van der Waals surface area contributed by atoms with Crippen molar-refractivity contribution < 1.29 is 35.8 Å². The average Bonchev–Trinajstić information content (AvgIpc) is 2.13. The van der Waals surface area contributed by atoms with Crippen molar-refractivity contribution in [1.29, 1.82) is 0 Å². The van der Waals surface area contributed by atoms with Crippen molar-refractivity contribution in [1.82, 2.24) is 0 Å². The molecule has 0 saturated carbocycles. The molecule has 0 bridgehead atoms. The Morgan fingerprint density at radius 2 is 1.68 bits per heavy atom. The Balaban J connectivity index is 5.23. The van der Waals surface area contributed by atoms with E-state index in [4.69, 9.17) is 9.05 Å². The number of rotatable bonds is 6. The van der Waals surface area contributed by atoms with Gasteiger partial charge >= 0.3 is 19.7 Å². The molecule has 114 valence electrons. The van der Waals surface area contributed by atoms with Crippen molar-refractivity contribution in [2.45, 2.75) is 20.0 Å². The van der Waals surface area contributed by atoms with Crippen LogP contribution in [0.4, 0.5) is 13.2 Å². The van der Waals surface area contributed by atoms with Crippen LogP contribution in [0.15, 0.2) is 4.36 Å². The molecule has 0 heterocycles. The van der Waals surface area contributed by atoms with Gasteiger partial charge in [-0.1, -0.05) is 0 Å². The van der Waals surface area contributed by atoms with Crippen molar-refractivity contribution in [3.05, 3.63) is 0 Å². The van der Waals surface area contributed by atoms with Gasteiger partial charge < -0.3 is 9.05 Å². The van der Waals surface area contributed by atoms with Gasteiger partial charge in [0.25, 0.3) is 0 Å². The Kier molecular flexibility index (Phi) is 6.67.